The Hall–Kier alpha value is -2.23. The van der Waals surface area contributed by atoms with Crippen LogP contribution in [0, 0.1) is 11.3 Å². The standard InChI is InChI=1S/C15H11F3N2O.ClH/c16-15(17,18)21-13-6-4-11(5-7-13)14(20)12-3-1-2-10(8-12)9-19;/h1-8,14H,20H2;1H/t14-;/m0./s1. The van der Waals surface area contributed by atoms with E-state index in [0.29, 0.717) is 16.7 Å². The molecule has 0 saturated heterocycles. The molecule has 0 aliphatic heterocycles. The molecule has 2 aromatic carbocycles. The van der Waals surface area contributed by atoms with E-state index < -0.39 is 12.4 Å². The lowest BCUT2D eigenvalue weighted by atomic mass is 9.98. The van der Waals surface area contributed by atoms with Crippen molar-refractivity contribution in [1.29, 1.82) is 5.26 Å². The molecule has 2 rings (SSSR count). The molecule has 0 bridgehead atoms. The van der Waals surface area contributed by atoms with E-state index in [1.807, 2.05) is 6.07 Å². The second kappa shape index (κ2) is 7.16. The van der Waals surface area contributed by atoms with E-state index in [-0.39, 0.29) is 18.2 Å². The first-order chi connectivity index (χ1) is 9.89. The fourth-order valence-electron chi connectivity index (χ4n) is 1.87. The van der Waals surface area contributed by atoms with Crippen LogP contribution in [-0.4, -0.2) is 6.36 Å². The van der Waals surface area contributed by atoms with E-state index in [0.717, 1.165) is 0 Å². The summed E-state index contributed by atoms with van der Waals surface area (Å²) >= 11 is 0. The fraction of sp³-hybridized carbons (Fsp3) is 0.133. The molecule has 1 atom stereocenters. The van der Waals surface area contributed by atoms with Gasteiger partial charge in [0.2, 0.25) is 0 Å². The van der Waals surface area contributed by atoms with Crippen molar-refractivity contribution < 1.29 is 17.9 Å². The summed E-state index contributed by atoms with van der Waals surface area (Å²) in [5, 5.41) is 8.85. The highest BCUT2D eigenvalue weighted by atomic mass is 35.5. The summed E-state index contributed by atoms with van der Waals surface area (Å²) in [5.41, 5.74) is 7.85. The smallest absolute Gasteiger partial charge is 0.406 e. The van der Waals surface area contributed by atoms with Crippen molar-refractivity contribution in [2.45, 2.75) is 12.4 Å². The summed E-state index contributed by atoms with van der Waals surface area (Å²) in [6, 6.07) is 13.6. The average molecular weight is 329 g/mol. The van der Waals surface area contributed by atoms with Gasteiger partial charge in [-0.15, -0.1) is 25.6 Å². The van der Waals surface area contributed by atoms with E-state index >= 15 is 0 Å². The van der Waals surface area contributed by atoms with Crippen LogP contribution in [0.15, 0.2) is 48.5 Å². The lowest BCUT2D eigenvalue weighted by molar-refractivity contribution is -0.274. The zero-order valence-electron chi connectivity index (χ0n) is 11.2. The summed E-state index contributed by atoms with van der Waals surface area (Å²) in [6.45, 7) is 0. The molecule has 0 amide bonds. The molecule has 0 heterocycles. The highest BCUT2D eigenvalue weighted by Crippen LogP contribution is 2.26. The SMILES string of the molecule is Cl.N#Cc1cccc([C@@H](N)c2ccc(OC(F)(F)F)cc2)c1. The van der Waals surface area contributed by atoms with Gasteiger partial charge in [0, 0.05) is 0 Å². The molecular weight excluding hydrogens is 317 g/mol. The first kappa shape index (κ1) is 17.8. The summed E-state index contributed by atoms with van der Waals surface area (Å²) in [6.07, 6.45) is -4.72. The predicted molar refractivity (Wildman–Crippen MR) is 77.6 cm³/mol. The molecule has 0 aliphatic carbocycles. The molecule has 116 valence electrons. The van der Waals surface area contributed by atoms with Crippen molar-refractivity contribution in [3.8, 4) is 11.8 Å². The monoisotopic (exact) mass is 328 g/mol. The first-order valence-corrected chi connectivity index (χ1v) is 6.00. The van der Waals surface area contributed by atoms with Crippen LogP contribution >= 0.6 is 12.4 Å². The van der Waals surface area contributed by atoms with Crippen molar-refractivity contribution in [3.05, 3.63) is 65.2 Å². The second-order valence-corrected chi connectivity index (χ2v) is 4.33. The molecule has 0 fully saturated rings. The lowest BCUT2D eigenvalue weighted by Gasteiger charge is -2.14. The van der Waals surface area contributed by atoms with Crippen LogP contribution < -0.4 is 10.5 Å². The number of rotatable bonds is 3. The summed E-state index contributed by atoms with van der Waals surface area (Å²) in [7, 11) is 0. The predicted octanol–water partition coefficient (Wildman–Crippen LogP) is 3.93. The van der Waals surface area contributed by atoms with Gasteiger partial charge in [-0.05, 0) is 35.4 Å². The summed E-state index contributed by atoms with van der Waals surface area (Å²) < 4.78 is 40.0. The van der Waals surface area contributed by atoms with Crippen molar-refractivity contribution in [2.24, 2.45) is 5.73 Å². The normalized spacial score (nSPS) is 12.0. The number of hydrogen-bond donors (Lipinski definition) is 1. The topological polar surface area (TPSA) is 59.0 Å². The van der Waals surface area contributed by atoms with Crippen LogP contribution in [0.5, 0.6) is 5.75 Å². The molecule has 0 aromatic heterocycles. The third-order valence-electron chi connectivity index (χ3n) is 2.85. The Morgan fingerprint density at radius 2 is 1.68 bits per heavy atom. The van der Waals surface area contributed by atoms with E-state index in [9.17, 15) is 13.2 Å². The third-order valence-corrected chi connectivity index (χ3v) is 2.85. The van der Waals surface area contributed by atoms with Crippen LogP contribution in [-0.2, 0) is 0 Å². The number of ether oxygens (including phenoxy) is 1. The van der Waals surface area contributed by atoms with Crippen LogP contribution in [0.1, 0.15) is 22.7 Å². The molecule has 0 aliphatic rings. The fourth-order valence-corrected chi connectivity index (χ4v) is 1.87. The molecule has 2 N–H and O–H groups in total. The zero-order chi connectivity index (χ0) is 15.5. The van der Waals surface area contributed by atoms with Gasteiger partial charge in [-0.1, -0.05) is 24.3 Å². The first-order valence-electron chi connectivity index (χ1n) is 6.00. The number of halogens is 4. The van der Waals surface area contributed by atoms with Crippen molar-refractivity contribution in [3.63, 3.8) is 0 Å². The molecule has 7 heteroatoms. The van der Waals surface area contributed by atoms with Gasteiger partial charge in [0.1, 0.15) is 5.75 Å². The molecule has 22 heavy (non-hydrogen) atoms. The molecule has 0 radical (unpaired) electrons. The largest absolute Gasteiger partial charge is 0.573 e. The van der Waals surface area contributed by atoms with Gasteiger partial charge in [0.05, 0.1) is 17.7 Å². The lowest BCUT2D eigenvalue weighted by Crippen LogP contribution is -2.17. The van der Waals surface area contributed by atoms with Gasteiger partial charge in [0.15, 0.2) is 0 Å². The molecule has 3 nitrogen and oxygen atoms in total. The Morgan fingerprint density at radius 3 is 2.23 bits per heavy atom. The highest BCUT2D eigenvalue weighted by molar-refractivity contribution is 5.85. The van der Waals surface area contributed by atoms with Crippen molar-refractivity contribution in [1.82, 2.24) is 0 Å². The van der Waals surface area contributed by atoms with Gasteiger partial charge >= 0.3 is 6.36 Å². The van der Waals surface area contributed by atoms with E-state index in [1.165, 1.54) is 24.3 Å². The zero-order valence-corrected chi connectivity index (χ0v) is 12.0. The van der Waals surface area contributed by atoms with Crippen LogP contribution in [0.2, 0.25) is 0 Å². The molecule has 2 aromatic rings. The minimum Gasteiger partial charge on any atom is -0.406 e. The van der Waals surface area contributed by atoms with Gasteiger partial charge in [0.25, 0.3) is 0 Å². The maximum atomic E-state index is 12.1. The maximum absolute atomic E-state index is 12.1. The Kier molecular flexibility index (Phi) is 5.80. The van der Waals surface area contributed by atoms with E-state index in [2.05, 4.69) is 4.74 Å². The van der Waals surface area contributed by atoms with Gasteiger partial charge in [-0.3, -0.25) is 0 Å². The molecule has 0 unspecified atom stereocenters. The number of hydrogen-bond acceptors (Lipinski definition) is 3. The molecule has 0 saturated carbocycles. The Morgan fingerprint density at radius 1 is 1.05 bits per heavy atom. The average Bonchev–Trinajstić information content (AvgIpc) is 2.46. The number of nitrogens with zero attached hydrogens (tertiary/aromatic N) is 1. The quantitative estimate of drug-likeness (QED) is 0.928. The number of nitriles is 1. The van der Waals surface area contributed by atoms with E-state index in [1.54, 1.807) is 24.3 Å². The maximum Gasteiger partial charge on any atom is 0.573 e. The minimum atomic E-state index is -4.72. The Labute approximate surface area is 131 Å². The highest BCUT2D eigenvalue weighted by Gasteiger charge is 2.31. The van der Waals surface area contributed by atoms with Gasteiger partial charge < -0.3 is 10.5 Å². The number of benzene rings is 2. The molecular formula is C15H12ClF3N2O. The van der Waals surface area contributed by atoms with Crippen molar-refractivity contribution >= 4 is 12.4 Å². The Balaban J connectivity index is 0.00000242. The van der Waals surface area contributed by atoms with Crippen molar-refractivity contribution in [2.75, 3.05) is 0 Å². The molecule has 0 spiro atoms. The summed E-state index contributed by atoms with van der Waals surface area (Å²) in [4.78, 5) is 0. The number of nitrogens with two attached hydrogens (primary N) is 1. The Bertz CT molecular complexity index is 666. The van der Waals surface area contributed by atoms with Gasteiger partial charge in [-0.2, -0.15) is 5.26 Å². The van der Waals surface area contributed by atoms with E-state index in [4.69, 9.17) is 11.0 Å². The number of alkyl halides is 3. The summed E-state index contributed by atoms with van der Waals surface area (Å²) in [5.74, 6) is -0.302. The van der Waals surface area contributed by atoms with Crippen LogP contribution in [0.25, 0.3) is 0 Å². The minimum absolute atomic E-state index is 0. The van der Waals surface area contributed by atoms with Crippen LogP contribution in [0.4, 0.5) is 13.2 Å². The third kappa shape index (κ3) is 4.65. The second-order valence-electron chi connectivity index (χ2n) is 4.33. The van der Waals surface area contributed by atoms with Gasteiger partial charge in [-0.25, -0.2) is 0 Å². The van der Waals surface area contributed by atoms with Crippen LogP contribution in [0.3, 0.4) is 0 Å².